The van der Waals surface area contributed by atoms with Crippen LogP contribution >= 0.6 is 0 Å². The van der Waals surface area contributed by atoms with E-state index in [0.29, 0.717) is 12.5 Å². The van der Waals surface area contributed by atoms with Gasteiger partial charge >= 0.3 is 0 Å². The van der Waals surface area contributed by atoms with Gasteiger partial charge in [0, 0.05) is 26.1 Å². The molecule has 2 rings (SSSR count). The second kappa shape index (κ2) is 6.57. The normalized spacial score (nSPS) is 17.5. The summed E-state index contributed by atoms with van der Waals surface area (Å²) >= 11 is 0. The standard InChI is InChI=1S/C15H22N2O2/c1-3-17(2)15(18)11-16-10-12-8-9-19-14-7-5-4-6-13(12)14/h4-7,12,16H,3,8-11H2,1-2H3. The quantitative estimate of drug-likeness (QED) is 0.876. The Kier molecular flexibility index (Phi) is 4.80. The van der Waals surface area contributed by atoms with Gasteiger partial charge in [-0.1, -0.05) is 18.2 Å². The maximum absolute atomic E-state index is 11.7. The zero-order valence-corrected chi connectivity index (χ0v) is 11.7. The molecule has 1 unspecified atom stereocenters. The Morgan fingerprint density at radius 3 is 3.05 bits per heavy atom. The first-order valence-corrected chi connectivity index (χ1v) is 6.88. The van der Waals surface area contributed by atoms with Crippen LogP contribution in [-0.4, -0.2) is 44.1 Å². The lowest BCUT2D eigenvalue weighted by Crippen LogP contribution is -2.37. The highest BCUT2D eigenvalue weighted by Gasteiger charge is 2.20. The summed E-state index contributed by atoms with van der Waals surface area (Å²) in [5.74, 6) is 1.56. The van der Waals surface area contributed by atoms with Gasteiger partial charge in [0.2, 0.25) is 5.91 Å². The maximum atomic E-state index is 11.7. The number of nitrogens with one attached hydrogen (secondary N) is 1. The van der Waals surface area contributed by atoms with Gasteiger partial charge in [-0.15, -0.1) is 0 Å². The average molecular weight is 262 g/mol. The van der Waals surface area contributed by atoms with Crippen LogP contribution in [0.15, 0.2) is 24.3 Å². The molecule has 0 saturated heterocycles. The van der Waals surface area contributed by atoms with Crippen molar-refractivity contribution < 1.29 is 9.53 Å². The fourth-order valence-corrected chi connectivity index (χ4v) is 2.29. The van der Waals surface area contributed by atoms with Gasteiger partial charge in [-0.2, -0.15) is 0 Å². The minimum atomic E-state index is 0.142. The molecule has 0 aromatic heterocycles. The summed E-state index contributed by atoms with van der Waals surface area (Å²) in [6.45, 7) is 4.72. The van der Waals surface area contributed by atoms with Crippen LogP contribution < -0.4 is 10.1 Å². The molecule has 104 valence electrons. The fourth-order valence-electron chi connectivity index (χ4n) is 2.29. The van der Waals surface area contributed by atoms with Gasteiger partial charge in [0.05, 0.1) is 13.2 Å². The van der Waals surface area contributed by atoms with Crippen molar-refractivity contribution in [2.24, 2.45) is 0 Å². The topological polar surface area (TPSA) is 41.6 Å². The summed E-state index contributed by atoms with van der Waals surface area (Å²) < 4.78 is 5.63. The first kappa shape index (κ1) is 13.9. The monoisotopic (exact) mass is 262 g/mol. The minimum Gasteiger partial charge on any atom is -0.493 e. The van der Waals surface area contributed by atoms with Gasteiger partial charge in [-0.25, -0.2) is 0 Å². The molecule has 1 aromatic rings. The third kappa shape index (κ3) is 3.47. The summed E-state index contributed by atoms with van der Waals surface area (Å²) in [5.41, 5.74) is 1.25. The number of likely N-dealkylation sites (N-methyl/N-ethyl adjacent to an activating group) is 1. The van der Waals surface area contributed by atoms with E-state index in [1.807, 2.05) is 32.2 Å². The number of rotatable bonds is 5. The second-order valence-corrected chi connectivity index (χ2v) is 4.91. The van der Waals surface area contributed by atoms with Gasteiger partial charge in [0.1, 0.15) is 5.75 Å². The van der Waals surface area contributed by atoms with Gasteiger partial charge in [0.25, 0.3) is 0 Å². The van der Waals surface area contributed by atoms with Crippen molar-refractivity contribution >= 4 is 5.91 Å². The number of hydrogen-bond acceptors (Lipinski definition) is 3. The average Bonchev–Trinajstić information content (AvgIpc) is 2.46. The van der Waals surface area contributed by atoms with Crippen molar-refractivity contribution in [2.45, 2.75) is 19.3 Å². The van der Waals surface area contributed by atoms with Crippen LogP contribution in [0.1, 0.15) is 24.8 Å². The highest BCUT2D eigenvalue weighted by atomic mass is 16.5. The molecular formula is C15H22N2O2. The molecule has 0 radical (unpaired) electrons. The molecule has 1 aromatic carbocycles. The number of nitrogens with zero attached hydrogens (tertiary/aromatic N) is 1. The van der Waals surface area contributed by atoms with Crippen LogP contribution in [0.3, 0.4) is 0 Å². The summed E-state index contributed by atoms with van der Waals surface area (Å²) in [6.07, 6.45) is 1.00. The van der Waals surface area contributed by atoms with E-state index in [4.69, 9.17) is 4.74 Å². The van der Waals surface area contributed by atoms with Crippen LogP contribution in [0.5, 0.6) is 5.75 Å². The van der Waals surface area contributed by atoms with Crippen LogP contribution in [0, 0.1) is 0 Å². The van der Waals surface area contributed by atoms with E-state index in [-0.39, 0.29) is 5.91 Å². The lowest BCUT2D eigenvalue weighted by molar-refractivity contribution is -0.128. The summed E-state index contributed by atoms with van der Waals surface area (Å²) in [7, 11) is 1.83. The molecule has 4 heteroatoms. The summed E-state index contributed by atoms with van der Waals surface area (Å²) in [6, 6.07) is 8.16. The van der Waals surface area contributed by atoms with Crippen molar-refractivity contribution in [1.29, 1.82) is 0 Å². The lowest BCUT2D eigenvalue weighted by Gasteiger charge is -2.26. The molecule has 1 heterocycles. The van der Waals surface area contributed by atoms with E-state index in [9.17, 15) is 4.79 Å². The van der Waals surface area contributed by atoms with E-state index < -0.39 is 0 Å². The second-order valence-electron chi connectivity index (χ2n) is 4.91. The predicted octanol–water partition coefficient (Wildman–Crippen LogP) is 1.62. The van der Waals surface area contributed by atoms with E-state index in [1.54, 1.807) is 4.90 Å². The number of benzene rings is 1. The number of hydrogen-bond donors (Lipinski definition) is 1. The summed E-state index contributed by atoms with van der Waals surface area (Å²) in [5, 5.41) is 3.26. The SMILES string of the molecule is CCN(C)C(=O)CNCC1CCOc2ccccc21. The highest BCUT2D eigenvalue weighted by Crippen LogP contribution is 2.32. The Bertz CT molecular complexity index is 434. The molecule has 4 nitrogen and oxygen atoms in total. The molecule has 0 spiro atoms. The number of para-hydroxylation sites is 1. The van der Waals surface area contributed by atoms with E-state index >= 15 is 0 Å². The van der Waals surface area contributed by atoms with Crippen molar-refractivity contribution in [3.8, 4) is 5.75 Å². The fraction of sp³-hybridized carbons (Fsp3) is 0.533. The third-order valence-corrected chi connectivity index (χ3v) is 3.65. The Morgan fingerprint density at radius 1 is 1.47 bits per heavy atom. The zero-order chi connectivity index (χ0) is 13.7. The third-order valence-electron chi connectivity index (χ3n) is 3.65. The van der Waals surface area contributed by atoms with Gasteiger partial charge in [-0.05, 0) is 25.0 Å². The van der Waals surface area contributed by atoms with Crippen LogP contribution in [-0.2, 0) is 4.79 Å². The molecule has 1 aliphatic heterocycles. The Hall–Kier alpha value is -1.55. The number of carbonyl (C=O) groups excluding carboxylic acids is 1. The first-order valence-electron chi connectivity index (χ1n) is 6.88. The number of fused-ring (bicyclic) bond motifs is 1. The minimum absolute atomic E-state index is 0.142. The smallest absolute Gasteiger partial charge is 0.236 e. The first-order chi connectivity index (χ1) is 9.22. The lowest BCUT2D eigenvalue weighted by atomic mass is 9.93. The largest absolute Gasteiger partial charge is 0.493 e. The molecule has 0 aliphatic carbocycles. The number of carbonyl (C=O) groups is 1. The van der Waals surface area contributed by atoms with Crippen molar-refractivity contribution in [2.75, 3.05) is 33.3 Å². The van der Waals surface area contributed by atoms with E-state index in [2.05, 4.69) is 11.4 Å². The van der Waals surface area contributed by atoms with Gasteiger partial charge in [0.15, 0.2) is 0 Å². The van der Waals surface area contributed by atoms with Gasteiger partial charge in [-0.3, -0.25) is 4.79 Å². The van der Waals surface area contributed by atoms with Gasteiger partial charge < -0.3 is 15.0 Å². The molecule has 1 atom stereocenters. The molecule has 1 amide bonds. The molecule has 19 heavy (non-hydrogen) atoms. The predicted molar refractivity (Wildman–Crippen MR) is 75.5 cm³/mol. The van der Waals surface area contributed by atoms with Crippen LogP contribution in [0.2, 0.25) is 0 Å². The summed E-state index contributed by atoms with van der Waals surface area (Å²) in [4.78, 5) is 13.4. The Labute approximate surface area is 114 Å². The van der Waals surface area contributed by atoms with E-state index in [0.717, 1.165) is 31.9 Å². The molecule has 0 saturated carbocycles. The Balaban J connectivity index is 1.86. The van der Waals surface area contributed by atoms with Crippen LogP contribution in [0.25, 0.3) is 0 Å². The van der Waals surface area contributed by atoms with Crippen molar-refractivity contribution in [1.82, 2.24) is 10.2 Å². The molecule has 1 N–H and O–H groups in total. The van der Waals surface area contributed by atoms with E-state index in [1.165, 1.54) is 5.56 Å². The van der Waals surface area contributed by atoms with Crippen LogP contribution in [0.4, 0.5) is 0 Å². The Morgan fingerprint density at radius 2 is 2.26 bits per heavy atom. The molecular weight excluding hydrogens is 240 g/mol. The maximum Gasteiger partial charge on any atom is 0.236 e. The zero-order valence-electron chi connectivity index (χ0n) is 11.7. The number of ether oxygens (including phenoxy) is 1. The molecule has 0 fully saturated rings. The molecule has 1 aliphatic rings. The van der Waals surface area contributed by atoms with Crippen molar-refractivity contribution in [3.05, 3.63) is 29.8 Å². The highest BCUT2D eigenvalue weighted by molar-refractivity contribution is 5.77. The van der Waals surface area contributed by atoms with Crippen molar-refractivity contribution in [3.63, 3.8) is 0 Å². The molecule has 0 bridgehead atoms. The number of amides is 1.